The van der Waals surface area contributed by atoms with Crippen molar-refractivity contribution in [2.24, 2.45) is 0 Å². The number of ketones is 1. The topological polar surface area (TPSA) is 30.0 Å². The summed E-state index contributed by atoms with van der Waals surface area (Å²) in [6.45, 7) is 3.59. The standard InChI is InChI=1S/C13H12ClNOS/c1-3-11-12(8(2)16)17-13(15-11)9-4-6-10(14)7-5-9/h4-7H,3H2,1-2H3. The SMILES string of the molecule is CCc1nc(-c2ccc(Cl)cc2)sc1C(C)=O. The van der Waals surface area contributed by atoms with Gasteiger partial charge in [0.2, 0.25) is 0 Å². The van der Waals surface area contributed by atoms with Gasteiger partial charge in [0.1, 0.15) is 5.01 Å². The molecule has 1 aromatic heterocycles. The molecule has 1 heterocycles. The van der Waals surface area contributed by atoms with Crippen LogP contribution in [0.25, 0.3) is 10.6 Å². The van der Waals surface area contributed by atoms with Crippen LogP contribution < -0.4 is 0 Å². The van der Waals surface area contributed by atoms with E-state index in [1.54, 1.807) is 6.92 Å². The summed E-state index contributed by atoms with van der Waals surface area (Å²) in [6.07, 6.45) is 0.777. The molecule has 4 heteroatoms. The highest BCUT2D eigenvalue weighted by molar-refractivity contribution is 7.17. The van der Waals surface area contributed by atoms with E-state index in [-0.39, 0.29) is 5.78 Å². The number of nitrogens with zero attached hydrogens (tertiary/aromatic N) is 1. The maximum Gasteiger partial charge on any atom is 0.171 e. The molecule has 0 radical (unpaired) electrons. The Bertz CT molecular complexity index is 545. The van der Waals surface area contributed by atoms with Crippen LogP contribution in [0.5, 0.6) is 0 Å². The van der Waals surface area contributed by atoms with E-state index in [1.165, 1.54) is 11.3 Å². The Morgan fingerprint density at radius 2 is 2.00 bits per heavy atom. The average molecular weight is 266 g/mol. The lowest BCUT2D eigenvalue weighted by Crippen LogP contribution is -1.93. The van der Waals surface area contributed by atoms with Crippen LogP contribution in [-0.4, -0.2) is 10.8 Å². The minimum atomic E-state index is 0.0829. The second-order valence-electron chi connectivity index (χ2n) is 3.71. The van der Waals surface area contributed by atoms with Gasteiger partial charge < -0.3 is 0 Å². The average Bonchev–Trinajstić information content (AvgIpc) is 2.74. The van der Waals surface area contributed by atoms with Crippen LogP contribution >= 0.6 is 22.9 Å². The zero-order valence-electron chi connectivity index (χ0n) is 9.66. The number of thiazole rings is 1. The van der Waals surface area contributed by atoms with Crippen LogP contribution in [0.1, 0.15) is 29.2 Å². The Morgan fingerprint density at radius 3 is 2.47 bits per heavy atom. The number of hydrogen-bond acceptors (Lipinski definition) is 3. The molecule has 0 saturated heterocycles. The highest BCUT2D eigenvalue weighted by Gasteiger charge is 2.14. The van der Waals surface area contributed by atoms with Crippen molar-refractivity contribution in [3.8, 4) is 10.6 Å². The molecule has 0 atom stereocenters. The first-order chi connectivity index (χ1) is 8.11. The Labute approximate surface area is 109 Å². The number of hydrogen-bond donors (Lipinski definition) is 0. The third kappa shape index (κ3) is 2.56. The zero-order chi connectivity index (χ0) is 12.4. The van der Waals surface area contributed by atoms with Crippen molar-refractivity contribution in [1.82, 2.24) is 4.98 Å². The van der Waals surface area contributed by atoms with Gasteiger partial charge in [-0.15, -0.1) is 11.3 Å². The maximum absolute atomic E-state index is 11.5. The molecule has 0 amide bonds. The van der Waals surface area contributed by atoms with E-state index in [9.17, 15) is 4.79 Å². The van der Waals surface area contributed by atoms with E-state index >= 15 is 0 Å². The third-order valence-electron chi connectivity index (χ3n) is 2.44. The lowest BCUT2D eigenvalue weighted by molar-refractivity contribution is 0.102. The van der Waals surface area contributed by atoms with E-state index in [1.807, 2.05) is 31.2 Å². The number of carbonyl (C=O) groups is 1. The van der Waals surface area contributed by atoms with Crippen molar-refractivity contribution in [3.63, 3.8) is 0 Å². The largest absolute Gasteiger partial charge is 0.294 e. The highest BCUT2D eigenvalue weighted by Crippen LogP contribution is 2.29. The van der Waals surface area contributed by atoms with Gasteiger partial charge in [-0.3, -0.25) is 4.79 Å². The van der Waals surface area contributed by atoms with Crippen LogP contribution in [0.3, 0.4) is 0 Å². The number of aryl methyl sites for hydroxylation is 1. The molecule has 2 nitrogen and oxygen atoms in total. The number of benzene rings is 1. The number of rotatable bonds is 3. The molecule has 0 saturated carbocycles. The van der Waals surface area contributed by atoms with E-state index in [2.05, 4.69) is 4.98 Å². The smallest absolute Gasteiger partial charge is 0.171 e. The number of halogens is 1. The van der Waals surface area contributed by atoms with Gasteiger partial charge in [-0.25, -0.2) is 4.98 Å². The summed E-state index contributed by atoms with van der Waals surface area (Å²) in [5.74, 6) is 0.0829. The Kier molecular flexibility index (Phi) is 3.60. The summed E-state index contributed by atoms with van der Waals surface area (Å²) in [5, 5.41) is 1.58. The van der Waals surface area contributed by atoms with Gasteiger partial charge in [-0.05, 0) is 18.6 Å². The number of Topliss-reactive ketones (excluding diaryl/α,β-unsaturated/α-hetero) is 1. The summed E-state index contributed by atoms with van der Waals surface area (Å²) in [6, 6.07) is 7.50. The second-order valence-corrected chi connectivity index (χ2v) is 5.15. The monoisotopic (exact) mass is 265 g/mol. The molecule has 0 aliphatic rings. The van der Waals surface area contributed by atoms with Gasteiger partial charge in [0.15, 0.2) is 5.78 Å². The molecule has 0 bridgehead atoms. The predicted molar refractivity (Wildman–Crippen MR) is 71.9 cm³/mol. The Morgan fingerprint density at radius 1 is 1.35 bits per heavy atom. The van der Waals surface area contributed by atoms with Crippen LogP contribution in [0.15, 0.2) is 24.3 Å². The molecule has 0 N–H and O–H groups in total. The molecule has 2 aromatic rings. The summed E-state index contributed by atoms with van der Waals surface area (Å²) in [4.78, 5) is 16.7. The molecule has 0 unspecified atom stereocenters. The van der Waals surface area contributed by atoms with Crippen LogP contribution in [0.2, 0.25) is 5.02 Å². The second kappa shape index (κ2) is 4.98. The predicted octanol–water partition coefficient (Wildman–Crippen LogP) is 4.23. The Balaban J connectivity index is 2.46. The van der Waals surface area contributed by atoms with Gasteiger partial charge in [0.05, 0.1) is 10.6 Å². The summed E-state index contributed by atoms with van der Waals surface area (Å²) >= 11 is 7.29. The molecule has 1 aromatic carbocycles. The van der Waals surface area contributed by atoms with E-state index < -0.39 is 0 Å². The molecule has 0 spiro atoms. The van der Waals surface area contributed by atoms with Crippen molar-refractivity contribution in [2.45, 2.75) is 20.3 Å². The summed E-state index contributed by atoms with van der Waals surface area (Å²) < 4.78 is 0. The van der Waals surface area contributed by atoms with Crippen LogP contribution in [0.4, 0.5) is 0 Å². The number of aromatic nitrogens is 1. The van der Waals surface area contributed by atoms with Gasteiger partial charge in [-0.2, -0.15) is 0 Å². The van der Waals surface area contributed by atoms with Crippen molar-refractivity contribution in [2.75, 3.05) is 0 Å². The fourth-order valence-electron chi connectivity index (χ4n) is 1.58. The molecular weight excluding hydrogens is 254 g/mol. The van der Waals surface area contributed by atoms with Crippen molar-refractivity contribution < 1.29 is 4.79 Å². The van der Waals surface area contributed by atoms with Gasteiger partial charge in [0.25, 0.3) is 0 Å². The fraction of sp³-hybridized carbons (Fsp3) is 0.231. The van der Waals surface area contributed by atoms with Crippen molar-refractivity contribution >= 4 is 28.7 Å². The molecule has 0 aliphatic carbocycles. The molecule has 88 valence electrons. The van der Waals surface area contributed by atoms with Crippen LogP contribution in [0, 0.1) is 0 Å². The van der Waals surface area contributed by atoms with Crippen molar-refractivity contribution in [1.29, 1.82) is 0 Å². The first kappa shape index (κ1) is 12.3. The van der Waals surface area contributed by atoms with Gasteiger partial charge >= 0.3 is 0 Å². The van der Waals surface area contributed by atoms with Gasteiger partial charge in [0, 0.05) is 17.5 Å². The lowest BCUT2D eigenvalue weighted by Gasteiger charge is -1.95. The fourth-order valence-corrected chi connectivity index (χ4v) is 2.76. The lowest BCUT2D eigenvalue weighted by atomic mass is 10.2. The molecule has 0 aliphatic heterocycles. The molecular formula is C13H12ClNOS. The van der Waals surface area contributed by atoms with Crippen LogP contribution in [-0.2, 0) is 6.42 Å². The Hall–Kier alpha value is -1.19. The molecule has 17 heavy (non-hydrogen) atoms. The highest BCUT2D eigenvalue weighted by atomic mass is 35.5. The first-order valence-electron chi connectivity index (χ1n) is 5.38. The minimum absolute atomic E-state index is 0.0829. The van der Waals surface area contributed by atoms with E-state index in [0.717, 1.165) is 27.6 Å². The zero-order valence-corrected chi connectivity index (χ0v) is 11.2. The minimum Gasteiger partial charge on any atom is -0.294 e. The number of carbonyl (C=O) groups excluding carboxylic acids is 1. The quantitative estimate of drug-likeness (QED) is 0.778. The van der Waals surface area contributed by atoms with Gasteiger partial charge in [-0.1, -0.05) is 30.7 Å². The van der Waals surface area contributed by atoms with E-state index in [4.69, 9.17) is 11.6 Å². The summed E-state index contributed by atoms with van der Waals surface area (Å²) in [7, 11) is 0. The van der Waals surface area contributed by atoms with E-state index in [0.29, 0.717) is 5.02 Å². The maximum atomic E-state index is 11.5. The third-order valence-corrected chi connectivity index (χ3v) is 3.94. The van der Waals surface area contributed by atoms with Crippen molar-refractivity contribution in [3.05, 3.63) is 39.9 Å². The normalized spacial score (nSPS) is 10.5. The molecule has 0 fully saturated rings. The first-order valence-corrected chi connectivity index (χ1v) is 6.58. The summed E-state index contributed by atoms with van der Waals surface area (Å²) in [5.41, 5.74) is 1.88. The molecule has 2 rings (SSSR count).